The second kappa shape index (κ2) is 9.65. The Kier molecular flexibility index (Phi) is 6.88. The number of carbonyl (C=O) groups is 2. The van der Waals surface area contributed by atoms with Crippen molar-refractivity contribution in [2.45, 2.75) is 31.3 Å². The van der Waals surface area contributed by atoms with E-state index in [1.807, 2.05) is 41.3 Å². The number of benzene rings is 1. The molecule has 0 aliphatic carbocycles. The van der Waals surface area contributed by atoms with E-state index in [0.29, 0.717) is 37.6 Å². The molecule has 7 nitrogen and oxygen atoms in total. The van der Waals surface area contributed by atoms with Crippen LogP contribution >= 0.6 is 11.6 Å². The molecule has 1 spiro atoms. The summed E-state index contributed by atoms with van der Waals surface area (Å²) in [6.07, 6.45) is 1.63. The van der Waals surface area contributed by atoms with Gasteiger partial charge in [-0.25, -0.2) is 0 Å². The first-order valence-electron chi connectivity index (χ1n) is 10.9. The van der Waals surface area contributed by atoms with Gasteiger partial charge in [0.25, 0.3) is 0 Å². The molecule has 2 aliphatic rings. The van der Waals surface area contributed by atoms with Crippen molar-refractivity contribution in [1.29, 1.82) is 0 Å². The van der Waals surface area contributed by atoms with E-state index >= 15 is 0 Å². The SMILES string of the molecule is COCCN1C(=O)CC(C(=O)OC)C12CCN(Cc1ccc(-c3cccc(Cl)c3)o1)CC2. The fourth-order valence-electron chi connectivity index (χ4n) is 5.08. The fourth-order valence-corrected chi connectivity index (χ4v) is 5.27. The van der Waals surface area contributed by atoms with Crippen LogP contribution in [0.5, 0.6) is 0 Å². The Hall–Kier alpha value is -2.35. The molecular formula is C24H29ClN2O5. The number of furan rings is 1. The third kappa shape index (κ3) is 4.42. The number of carbonyl (C=O) groups excluding carboxylic acids is 2. The molecule has 0 saturated carbocycles. The van der Waals surface area contributed by atoms with Gasteiger partial charge >= 0.3 is 5.97 Å². The molecule has 1 aromatic carbocycles. The van der Waals surface area contributed by atoms with Gasteiger partial charge in [0.2, 0.25) is 5.91 Å². The predicted octanol–water partition coefficient (Wildman–Crippen LogP) is 3.60. The van der Waals surface area contributed by atoms with E-state index < -0.39 is 11.5 Å². The standard InChI is InChI=1S/C24H29ClN2O5/c1-30-13-12-27-22(28)15-20(23(29)31-2)24(27)8-10-26(11-9-24)16-19-6-7-21(32-19)17-4-3-5-18(25)14-17/h3-7,14,20H,8-13,15-16H2,1-2H3. The van der Waals surface area contributed by atoms with Gasteiger partial charge < -0.3 is 18.8 Å². The second-order valence-corrected chi connectivity index (χ2v) is 8.91. The van der Waals surface area contributed by atoms with Crippen molar-refractivity contribution in [2.75, 3.05) is 40.5 Å². The van der Waals surface area contributed by atoms with E-state index in [1.54, 1.807) is 7.11 Å². The zero-order valence-corrected chi connectivity index (χ0v) is 19.3. The quantitative estimate of drug-likeness (QED) is 0.588. The monoisotopic (exact) mass is 460 g/mol. The fraction of sp³-hybridized carbons (Fsp3) is 0.500. The van der Waals surface area contributed by atoms with Crippen LogP contribution in [0.2, 0.25) is 5.02 Å². The molecule has 0 bridgehead atoms. The van der Waals surface area contributed by atoms with Crippen LogP contribution < -0.4 is 0 Å². The summed E-state index contributed by atoms with van der Waals surface area (Å²) in [6.45, 7) is 3.13. The number of halogens is 1. The third-order valence-corrected chi connectivity index (χ3v) is 6.98. The minimum Gasteiger partial charge on any atom is -0.469 e. The number of esters is 1. The van der Waals surface area contributed by atoms with Crippen LogP contribution in [0.3, 0.4) is 0 Å². The van der Waals surface area contributed by atoms with Crippen LogP contribution in [0.4, 0.5) is 0 Å². The number of hydrogen-bond donors (Lipinski definition) is 0. The summed E-state index contributed by atoms with van der Waals surface area (Å²) in [6, 6.07) is 11.5. The molecule has 2 saturated heterocycles. The Morgan fingerprint density at radius 2 is 2.00 bits per heavy atom. The zero-order valence-electron chi connectivity index (χ0n) is 18.5. The number of nitrogens with zero attached hydrogens (tertiary/aromatic N) is 2. The van der Waals surface area contributed by atoms with Gasteiger partial charge in [-0.15, -0.1) is 0 Å². The molecule has 2 aromatic rings. The predicted molar refractivity (Wildman–Crippen MR) is 120 cm³/mol. The lowest BCUT2D eigenvalue weighted by Crippen LogP contribution is -2.58. The Morgan fingerprint density at radius 1 is 1.22 bits per heavy atom. The number of hydrogen-bond acceptors (Lipinski definition) is 6. The lowest BCUT2D eigenvalue weighted by Gasteiger charge is -2.47. The van der Waals surface area contributed by atoms with Crippen LogP contribution in [-0.4, -0.2) is 67.7 Å². The molecule has 3 heterocycles. The molecule has 1 amide bonds. The topological polar surface area (TPSA) is 72.2 Å². The first-order valence-corrected chi connectivity index (χ1v) is 11.3. The minimum absolute atomic E-state index is 0.00287. The molecular weight excluding hydrogens is 432 g/mol. The van der Waals surface area contributed by atoms with Crippen LogP contribution in [0, 0.1) is 5.92 Å². The van der Waals surface area contributed by atoms with Crippen molar-refractivity contribution in [3.8, 4) is 11.3 Å². The summed E-state index contributed by atoms with van der Waals surface area (Å²) in [5.41, 5.74) is 0.439. The average molecular weight is 461 g/mol. The van der Waals surface area contributed by atoms with Crippen molar-refractivity contribution in [1.82, 2.24) is 9.80 Å². The average Bonchev–Trinajstić information content (AvgIpc) is 3.36. The van der Waals surface area contributed by atoms with Gasteiger partial charge in [-0.1, -0.05) is 23.7 Å². The maximum Gasteiger partial charge on any atom is 0.311 e. The van der Waals surface area contributed by atoms with E-state index in [-0.39, 0.29) is 18.3 Å². The highest BCUT2D eigenvalue weighted by molar-refractivity contribution is 6.30. The maximum absolute atomic E-state index is 12.7. The lowest BCUT2D eigenvalue weighted by atomic mass is 9.76. The van der Waals surface area contributed by atoms with E-state index in [2.05, 4.69) is 4.90 Å². The summed E-state index contributed by atoms with van der Waals surface area (Å²) in [4.78, 5) is 29.4. The van der Waals surface area contributed by atoms with Gasteiger partial charge in [0, 0.05) is 43.8 Å². The lowest BCUT2D eigenvalue weighted by molar-refractivity contribution is -0.150. The summed E-state index contributed by atoms with van der Waals surface area (Å²) >= 11 is 6.10. The highest BCUT2D eigenvalue weighted by Gasteiger charge is 2.56. The molecule has 1 aromatic heterocycles. The second-order valence-electron chi connectivity index (χ2n) is 8.47. The van der Waals surface area contributed by atoms with Crippen LogP contribution in [-0.2, 0) is 25.6 Å². The van der Waals surface area contributed by atoms with E-state index in [1.165, 1.54) is 7.11 Å². The number of rotatable bonds is 7. The van der Waals surface area contributed by atoms with Gasteiger partial charge in [0.1, 0.15) is 11.5 Å². The van der Waals surface area contributed by atoms with Crippen LogP contribution in [0.25, 0.3) is 11.3 Å². The van der Waals surface area contributed by atoms with Gasteiger partial charge in [0.05, 0.1) is 31.7 Å². The summed E-state index contributed by atoms with van der Waals surface area (Å²) < 4.78 is 16.3. The molecule has 4 rings (SSSR count). The van der Waals surface area contributed by atoms with Crippen molar-refractivity contribution in [3.63, 3.8) is 0 Å². The molecule has 2 aliphatic heterocycles. The summed E-state index contributed by atoms with van der Waals surface area (Å²) in [7, 11) is 3.01. The van der Waals surface area contributed by atoms with Gasteiger partial charge in [-0.2, -0.15) is 0 Å². The summed E-state index contributed by atoms with van der Waals surface area (Å²) in [5.74, 6) is 0.928. The highest BCUT2D eigenvalue weighted by Crippen LogP contribution is 2.44. The zero-order chi connectivity index (χ0) is 22.7. The van der Waals surface area contributed by atoms with Crippen molar-refractivity contribution in [2.24, 2.45) is 5.92 Å². The summed E-state index contributed by atoms with van der Waals surface area (Å²) in [5, 5.41) is 0.672. The largest absolute Gasteiger partial charge is 0.469 e. The first kappa shape index (κ1) is 22.8. The van der Waals surface area contributed by atoms with E-state index in [0.717, 1.165) is 30.2 Å². The molecule has 0 N–H and O–H groups in total. The van der Waals surface area contributed by atoms with Crippen LogP contribution in [0.1, 0.15) is 25.0 Å². The molecule has 32 heavy (non-hydrogen) atoms. The Balaban J connectivity index is 1.45. The molecule has 172 valence electrons. The van der Waals surface area contributed by atoms with Crippen LogP contribution in [0.15, 0.2) is 40.8 Å². The molecule has 8 heteroatoms. The van der Waals surface area contributed by atoms with Crippen molar-refractivity contribution < 1.29 is 23.5 Å². The number of amides is 1. The van der Waals surface area contributed by atoms with E-state index in [9.17, 15) is 9.59 Å². The third-order valence-electron chi connectivity index (χ3n) is 6.74. The van der Waals surface area contributed by atoms with Gasteiger partial charge in [-0.3, -0.25) is 14.5 Å². The number of piperidine rings is 1. The minimum atomic E-state index is -0.506. The Bertz CT molecular complexity index is 967. The molecule has 2 fully saturated rings. The van der Waals surface area contributed by atoms with Gasteiger partial charge in [-0.05, 0) is 37.1 Å². The molecule has 1 unspecified atom stereocenters. The number of ether oxygens (including phenoxy) is 2. The van der Waals surface area contributed by atoms with Gasteiger partial charge in [0.15, 0.2) is 0 Å². The highest BCUT2D eigenvalue weighted by atomic mass is 35.5. The molecule has 1 atom stereocenters. The smallest absolute Gasteiger partial charge is 0.311 e. The Labute approximate surface area is 193 Å². The van der Waals surface area contributed by atoms with Crippen molar-refractivity contribution in [3.05, 3.63) is 47.2 Å². The van der Waals surface area contributed by atoms with E-state index in [4.69, 9.17) is 25.5 Å². The number of methoxy groups -OCH3 is 2. The van der Waals surface area contributed by atoms with Crippen molar-refractivity contribution >= 4 is 23.5 Å². The first-order chi connectivity index (χ1) is 15.5. The molecule has 0 radical (unpaired) electrons. The maximum atomic E-state index is 12.7. The normalized spacial score (nSPS) is 20.8. The Morgan fingerprint density at radius 3 is 2.69 bits per heavy atom. The number of likely N-dealkylation sites (tertiary alicyclic amines) is 2.